The van der Waals surface area contributed by atoms with Crippen LogP contribution in [0.4, 0.5) is 46.3 Å². The fourth-order valence-electron chi connectivity index (χ4n) is 11.8. The Morgan fingerprint density at radius 3 is 1.40 bits per heavy atom. The first kappa shape index (κ1) is 73.7. The Morgan fingerprint density at radius 1 is 0.567 bits per heavy atom. The second-order valence-electron chi connectivity index (χ2n) is 23.6. The number of hydrogen-bond donors (Lipinski definition) is 4. The highest BCUT2D eigenvalue weighted by Crippen LogP contribution is 2.36. The Labute approximate surface area is 571 Å². The maximum absolute atomic E-state index is 12.4. The van der Waals surface area contributed by atoms with Crippen LogP contribution in [0.5, 0.6) is 12.0 Å². The number of esters is 2. The number of ether oxygens (including phenoxy) is 6. The average molecular weight is 1360 g/mol. The summed E-state index contributed by atoms with van der Waals surface area (Å²) in [4.78, 5) is 96.8. The molecule has 4 aliphatic rings. The first-order valence-corrected chi connectivity index (χ1v) is 33.2. The van der Waals surface area contributed by atoms with Crippen LogP contribution in [0.3, 0.4) is 0 Å². The fraction of sp³-hybridized carbons (Fsp3) is 0.500. The number of carbonyl (C=O) groups is 3. The van der Waals surface area contributed by atoms with Crippen molar-refractivity contribution in [2.24, 2.45) is 0 Å². The van der Waals surface area contributed by atoms with Crippen LogP contribution in [0.2, 0.25) is 0 Å². The van der Waals surface area contributed by atoms with Gasteiger partial charge < -0.3 is 60.3 Å². The summed E-state index contributed by atoms with van der Waals surface area (Å²) in [5.74, 6) is -0.348. The van der Waals surface area contributed by atoms with E-state index in [1.54, 1.807) is 21.0 Å². The van der Waals surface area contributed by atoms with Crippen LogP contribution in [0.25, 0.3) is 0 Å². The van der Waals surface area contributed by atoms with Crippen molar-refractivity contribution < 1.29 is 54.1 Å². The number of thiol groups is 1. The lowest BCUT2D eigenvalue weighted by atomic mass is 10.0. The molecule has 0 atom stereocenters. The number of nitro groups is 2. The summed E-state index contributed by atoms with van der Waals surface area (Å²) in [5, 5.41) is 23.6. The molecule has 3 aromatic carbocycles. The minimum atomic E-state index is -0.661. The van der Waals surface area contributed by atoms with Crippen LogP contribution in [0.1, 0.15) is 98.6 Å². The van der Waals surface area contributed by atoms with Crippen molar-refractivity contribution in [1.29, 1.82) is 0 Å². The zero-order valence-electron chi connectivity index (χ0n) is 55.7. The summed E-state index contributed by atoms with van der Waals surface area (Å²) in [6.45, 7) is 15.0. The molecule has 30 nitrogen and oxygen atoms in total. The second kappa shape index (κ2) is 37.4. The molecule has 0 bridgehead atoms. The molecule has 0 aliphatic carbocycles. The van der Waals surface area contributed by atoms with E-state index in [9.17, 15) is 34.6 Å². The van der Waals surface area contributed by atoms with Gasteiger partial charge in [-0.2, -0.15) is 32.6 Å². The van der Waals surface area contributed by atoms with Gasteiger partial charge in [0.1, 0.15) is 43.8 Å². The average Bonchev–Trinajstić information content (AvgIpc) is 0.925. The molecule has 3 fully saturated rings. The van der Waals surface area contributed by atoms with Crippen LogP contribution in [-0.2, 0) is 84.8 Å². The van der Waals surface area contributed by atoms with E-state index in [0.717, 1.165) is 73.6 Å². The zero-order valence-corrected chi connectivity index (χ0v) is 56.6. The molecule has 6 aromatic rings. The lowest BCUT2D eigenvalue weighted by Crippen LogP contribution is -2.36. The Kier molecular flexibility index (Phi) is 28.4. The van der Waals surface area contributed by atoms with E-state index in [4.69, 9.17) is 45.6 Å². The molecule has 524 valence electrons. The third-order valence-corrected chi connectivity index (χ3v) is 16.4. The number of nitrogens with zero attached hydrogens (tertiary/aromatic N) is 14. The van der Waals surface area contributed by atoms with E-state index in [1.807, 2.05) is 47.4 Å². The van der Waals surface area contributed by atoms with Gasteiger partial charge in [0.2, 0.25) is 23.3 Å². The lowest BCUT2D eigenvalue weighted by molar-refractivity contribution is -0.383. The summed E-state index contributed by atoms with van der Waals surface area (Å²) in [5.41, 5.74) is 24.1. The van der Waals surface area contributed by atoms with Crippen LogP contribution in [0, 0.1) is 20.2 Å². The molecule has 0 saturated carbocycles. The van der Waals surface area contributed by atoms with Crippen molar-refractivity contribution in [3.8, 4) is 12.0 Å². The predicted molar refractivity (Wildman–Crippen MR) is 370 cm³/mol. The number of benzene rings is 3. The highest BCUT2D eigenvalue weighted by molar-refractivity contribution is 7.79. The molecule has 0 spiro atoms. The van der Waals surface area contributed by atoms with Gasteiger partial charge >= 0.3 is 35.3 Å². The largest absolute Gasteiger partial charge is 0.465 e. The molecule has 7 heterocycles. The van der Waals surface area contributed by atoms with Crippen molar-refractivity contribution in [1.82, 2.24) is 44.6 Å². The summed E-state index contributed by atoms with van der Waals surface area (Å²) >= 11 is 4.17. The normalized spacial score (nSPS) is 14.6. The standard InChI is InChI=1S/C23H32N6O6.C22H29N5O3.C21H28N6O4S.H2/c1-3-34-19(30)16-28(15-18-8-6-7-17(13-18)14-27-9-4-5-10-27)22-20(29(31)32)21(24)25-23(26-22)35-12-11-33-2;1-29-9-10-30-22-24-20(23)19-12-18(28)15-27(21(19)25-22)14-17-6-4-5-16(11-17)13-26-7-2-3-8-26;1-2-31-18(28)13-26(21-19(27(29)30)20(22)23-17(14-32)24-21)12-16-7-5-6-15(10-16)11-25-8-3-4-9-25;/h6-8,13H,3-5,9-12,14-16H2,1-2H3,(H2,24,25,26);4-6,11H,2-3,7-10,12-15H2,1H3,(H2,23,24,25);5-7,10,32H,2-4,8-9,11-14H2,1H3,(H2,22,23,24);1H/i;;;1+1. The highest BCUT2D eigenvalue weighted by Gasteiger charge is 2.33. The van der Waals surface area contributed by atoms with Gasteiger partial charge in [-0.05, 0) is 125 Å². The third kappa shape index (κ3) is 22.2. The quantitative estimate of drug-likeness (QED) is 0.0114. The zero-order chi connectivity index (χ0) is 69.2. The Hall–Kier alpha value is -9.14. The van der Waals surface area contributed by atoms with Gasteiger partial charge in [0.25, 0.3) is 0 Å². The highest BCUT2D eigenvalue weighted by atomic mass is 32.1. The SMILES string of the molecule is CCOC(=O)CN(Cc1cccc(CN2CCCC2)c1)c1nc(CS)nc(N)c1[N+](=O)[O-].CCOC(=O)CN(Cc1cccc(CN2CCCC2)c1)c1nc(OCCOC)nc(N)c1[N+](=O)[O-].COCCOc1nc(N)c2c(n1)N(Cc1cccc(CN3CCCC3)c1)CC(=O)C2.[2HH]. The van der Waals surface area contributed by atoms with Crippen LogP contribution >= 0.6 is 12.6 Å². The van der Waals surface area contributed by atoms with E-state index in [0.29, 0.717) is 43.5 Å². The fourth-order valence-corrected chi connectivity index (χ4v) is 12.0. The second-order valence-corrected chi connectivity index (χ2v) is 23.9. The van der Waals surface area contributed by atoms with Crippen LogP contribution < -0.4 is 41.4 Å². The van der Waals surface area contributed by atoms with Crippen LogP contribution in [0.15, 0.2) is 72.8 Å². The molecule has 3 aromatic heterocycles. The number of Topliss-reactive ketones (excluding diaryl/α,β-unsaturated/α-hetero) is 1. The molecule has 31 heteroatoms. The third-order valence-electron chi connectivity index (χ3n) is 16.2. The summed E-state index contributed by atoms with van der Waals surface area (Å²) in [6.07, 6.45) is 7.62. The minimum Gasteiger partial charge on any atom is -0.465 e. The van der Waals surface area contributed by atoms with Gasteiger partial charge in [0.15, 0.2) is 5.78 Å². The number of anilines is 6. The number of carbonyl (C=O) groups excluding carboxylic acids is 3. The number of aromatic nitrogens is 6. The number of likely N-dealkylation sites (tertiary alicyclic amines) is 3. The van der Waals surface area contributed by atoms with E-state index < -0.39 is 33.2 Å². The van der Waals surface area contributed by atoms with E-state index >= 15 is 0 Å². The number of nitrogen functional groups attached to an aromatic ring is 3. The minimum absolute atomic E-state index is 0. The Morgan fingerprint density at radius 2 is 0.969 bits per heavy atom. The van der Waals surface area contributed by atoms with Crippen molar-refractivity contribution >= 4 is 76.6 Å². The van der Waals surface area contributed by atoms with Gasteiger partial charge in [0.05, 0.1) is 48.6 Å². The number of rotatable bonds is 31. The molecule has 0 amide bonds. The first-order valence-electron chi connectivity index (χ1n) is 32.6. The van der Waals surface area contributed by atoms with E-state index in [-0.39, 0.29) is 113 Å². The molecule has 6 N–H and O–H groups in total. The molecule has 0 unspecified atom stereocenters. The summed E-state index contributed by atoms with van der Waals surface area (Å²) in [7, 11) is 3.12. The van der Waals surface area contributed by atoms with Crippen molar-refractivity contribution in [3.05, 3.63) is 138 Å². The number of hydrogen-bond acceptors (Lipinski definition) is 29. The molecule has 0 radical (unpaired) electrons. The van der Waals surface area contributed by atoms with E-state index in [2.05, 4.69) is 87.6 Å². The van der Waals surface area contributed by atoms with Gasteiger partial charge in [-0.15, -0.1) is 0 Å². The summed E-state index contributed by atoms with van der Waals surface area (Å²) < 4.78 is 31.2. The molecule has 10 rings (SSSR count). The number of fused-ring (bicyclic) bond motifs is 1. The number of methoxy groups -OCH3 is 2. The van der Waals surface area contributed by atoms with Crippen molar-refractivity contribution in [2.45, 2.75) is 104 Å². The Balaban J connectivity index is 0.000000206. The van der Waals surface area contributed by atoms with Gasteiger partial charge in [-0.25, -0.2) is 9.97 Å². The smallest absolute Gasteiger partial charge is 0.353 e. The topological polar surface area (TPSA) is 368 Å². The van der Waals surface area contributed by atoms with Gasteiger partial charge in [-0.3, -0.25) is 49.3 Å². The van der Waals surface area contributed by atoms with Gasteiger partial charge in [-0.1, -0.05) is 72.8 Å². The van der Waals surface area contributed by atoms with Crippen molar-refractivity contribution in [2.75, 3.05) is 145 Å². The molecular formula is C66H91N17O13S. The lowest BCUT2D eigenvalue weighted by Gasteiger charge is -2.30. The van der Waals surface area contributed by atoms with E-state index in [1.165, 1.54) is 74.1 Å². The Bertz CT molecular complexity index is 3620. The van der Waals surface area contributed by atoms with Crippen molar-refractivity contribution in [3.63, 3.8) is 0 Å². The maximum atomic E-state index is 12.4. The summed E-state index contributed by atoms with van der Waals surface area (Å²) in [6, 6.07) is 24.5. The predicted octanol–water partition coefficient (Wildman–Crippen LogP) is 6.78. The van der Waals surface area contributed by atoms with Crippen LogP contribution in [-0.4, -0.2) is 185 Å². The number of ketones is 1. The number of nitrogens with two attached hydrogens (primary N) is 3. The molecular weight excluding hydrogens is 1270 g/mol. The molecule has 4 aliphatic heterocycles. The maximum Gasteiger partial charge on any atom is 0.353 e. The first-order chi connectivity index (χ1) is 46.9. The monoisotopic (exact) mass is 1360 g/mol. The van der Waals surface area contributed by atoms with Gasteiger partial charge in [0, 0.05) is 66.9 Å². The molecule has 97 heavy (non-hydrogen) atoms. The molecule has 3 saturated heterocycles.